The highest BCUT2D eigenvalue weighted by molar-refractivity contribution is 5.95. The number of carbonyl (C=O) groups is 1. The van der Waals surface area contributed by atoms with Crippen molar-refractivity contribution in [2.24, 2.45) is 0 Å². The van der Waals surface area contributed by atoms with Crippen LogP contribution in [0.15, 0.2) is 64.3 Å². The van der Waals surface area contributed by atoms with Gasteiger partial charge in [0, 0.05) is 36.3 Å². The summed E-state index contributed by atoms with van der Waals surface area (Å²) in [7, 11) is 0. The number of carbonyl (C=O) groups excluding carboxylic acids is 1. The van der Waals surface area contributed by atoms with E-state index in [9.17, 15) is 22.8 Å². The zero-order valence-electron chi connectivity index (χ0n) is 20.7. The third-order valence-corrected chi connectivity index (χ3v) is 6.27. The number of alkyl halides is 3. The Labute approximate surface area is 215 Å². The van der Waals surface area contributed by atoms with E-state index in [0.29, 0.717) is 42.8 Å². The number of aromatic nitrogens is 3. The van der Waals surface area contributed by atoms with Crippen LogP contribution in [0.3, 0.4) is 0 Å². The molecule has 8 nitrogen and oxygen atoms in total. The van der Waals surface area contributed by atoms with E-state index in [-0.39, 0.29) is 23.0 Å². The first kappa shape index (κ1) is 25.2. The van der Waals surface area contributed by atoms with Gasteiger partial charge in [-0.25, -0.2) is 4.98 Å². The number of aryl methyl sites for hydroxylation is 1. The second-order valence-corrected chi connectivity index (χ2v) is 8.99. The predicted molar refractivity (Wildman–Crippen MR) is 136 cm³/mol. The molecule has 1 aliphatic rings. The van der Waals surface area contributed by atoms with Crippen LogP contribution >= 0.6 is 0 Å². The third-order valence-electron chi connectivity index (χ3n) is 6.27. The Hall–Kier alpha value is -4.41. The van der Waals surface area contributed by atoms with Crippen molar-refractivity contribution in [2.45, 2.75) is 32.9 Å². The molecule has 2 aromatic heterocycles. The molecule has 4 aromatic rings. The molecule has 0 bridgehead atoms. The fraction of sp³-hybridized carbons (Fsp3) is 0.259. The molecule has 1 amide bonds. The summed E-state index contributed by atoms with van der Waals surface area (Å²) in [6, 6.07) is 10.3. The fourth-order valence-corrected chi connectivity index (χ4v) is 4.57. The Kier molecular flexibility index (Phi) is 6.52. The summed E-state index contributed by atoms with van der Waals surface area (Å²) in [4.78, 5) is 31.1. The van der Waals surface area contributed by atoms with E-state index >= 15 is 0 Å². The highest BCUT2D eigenvalue weighted by atomic mass is 19.4. The first-order valence-electron chi connectivity index (χ1n) is 12.1. The fourth-order valence-electron chi connectivity index (χ4n) is 4.57. The highest BCUT2D eigenvalue weighted by Crippen LogP contribution is 2.37. The van der Waals surface area contributed by atoms with Crippen LogP contribution in [0.5, 0.6) is 0 Å². The van der Waals surface area contributed by atoms with Gasteiger partial charge in [0.25, 0.3) is 5.56 Å². The standard InChI is InChI=1S/C27H24F3N5O3/c1-3-32-22-13-21(17-9-16(2)10-18(11-17)24-14-31-15-38-24)33-35(26(22)37)23-12-19(34-8-4-5-25(34)36)6-7-20(23)27(28,29)30/h6-7,9-15,32H,3-5,8H2,1-2H3. The number of rotatable bonds is 6. The lowest BCUT2D eigenvalue weighted by molar-refractivity contribution is -0.137. The maximum absolute atomic E-state index is 14.1. The number of benzene rings is 2. The number of oxazole rings is 1. The van der Waals surface area contributed by atoms with Crippen molar-refractivity contribution in [3.05, 3.63) is 76.5 Å². The van der Waals surface area contributed by atoms with Crippen LogP contribution in [0.1, 0.15) is 30.9 Å². The SMILES string of the molecule is CCNc1cc(-c2cc(C)cc(-c3cnco3)c2)nn(-c2cc(N3CCCC3=O)ccc2C(F)(F)F)c1=O. The Morgan fingerprint density at radius 3 is 2.53 bits per heavy atom. The summed E-state index contributed by atoms with van der Waals surface area (Å²) in [5.41, 5.74) is 0.548. The van der Waals surface area contributed by atoms with E-state index in [4.69, 9.17) is 4.42 Å². The van der Waals surface area contributed by atoms with Crippen molar-refractivity contribution in [3.8, 4) is 28.3 Å². The third kappa shape index (κ3) is 4.79. The highest BCUT2D eigenvalue weighted by Gasteiger charge is 2.36. The van der Waals surface area contributed by atoms with Gasteiger partial charge in [0.05, 0.1) is 23.1 Å². The number of amides is 1. The number of anilines is 2. The van der Waals surface area contributed by atoms with E-state index in [2.05, 4.69) is 15.4 Å². The molecule has 0 spiro atoms. The molecule has 0 saturated carbocycles. The normalized spacial score (nSPS) is 13.8. The predicted octanol–water partition coefficient (Wildman–Crippen LogP) is 5.44. The summed E-state index contributed by atoms with van der Waals surface area (Å²) < 4.78 is 48.6. The van der Waals surface area contributed by atoms with E-state index in [0.717, 1.165) is 16.3 Å². The molecule has 3 heterocycles. The molecular formula is C27H24F3N5O3. The van der Waals surface area contributed by atoms with Crippen LogP contribution in [-0.2, 0) is 11.0 Å². The molecule has 1 saturated heterocycles. The summed E-state index contributed by atoms with van der Waals surface area (Å²) in [6.45, 7) is 4.40. The summed E-state index contributed by atoms with van der Waals surface area (Å²) >= 11 is 0. The van der Waals surface area contributed by atoms with E-state index in [1.54, 1.807) is 19.2 Å². The van der Waals surface area contributed by atoms with E-state index in [1.165, 1.54) is 29.5 Å². The summed E-state index contributed by atoms with van der Waals surface area (Å²) in [5.74, 6) is 0.329. The van der Waals surface area contributed by atoms with Crippen LogP contribution in [-0.4, -0.2) is 33.8 Å². The second-order valence-electron chi connectivity index (χ2n) is 8.99. The van der Waals surface area contributed by atoms with Crippen molar-refractivity contribution < 1.29 is 22.4 Å². The topological polar surface area (TPSA) is 93.3 Å². The van der Waals surface area contributed by atoms with Gasteiger partial charge in [0.15, 0.2) is 12.2 Å². The van der Waals surface area contributed by atoms with Crippen LogP contribution in [0.25, 0.3) is 28.3 Å². The quantitative estimate of drug-likeness (QED) is 0.362. The molecule has 0 radical (unpaired) electrons. The molecule has 196 valence electrons. The van der Waals surface area contributed by atoms with Gasteiger partial charge in [0.2, 0.25) is 5.91 Å². The van der Waals surface area contributed by atoms with Crippen LogP contribution in [0.4, 0.5) is 24.5 Å². The Morgan fingerprint density at radius 2 is 1.87 bits per heavy atom. The van der Waals surface area contributed by atoms with Gasteiger partial charge in [0.1, 0.15) is 5.69 Å². The Balaban J connectivity index is 1.74. The van der Waals surface area contributed by atoms with E-state index < -0.39 is 23.0 Å². The molecule has 1 N–H and O–H groups in total. The largest absolute Gasteiger partial charge is 0.444 e. The van der Waals surface area contributed by atoms with Gasteiger partial charge >= 0.3 is 6.18 Å². The van der Waals surface area contributed by atoms with Crippen molar-refractivity contribution >= 4 is 17.3 Å². The van der Waals surface area contributed by atoms with Gasteiger partial charge in [-0.05, 0) is 68.3 Å². The molecule has 2 aromatic carbocycles. The molecule has 0 unspecified atom stereocenters. The van der Waals surface area contributed by atoms with Gasteiger partial charge in [-0.1, -0.05) is 0 Å². The molecule has 38 heavy (non-hydrogen) atoms. The Morgan fingerprint density at radius 1 is 1.08 bits per heavy atom. The number of nitrogens with one attached hydrogen (secondary N) is 1. The van der Waals surface area contributed by atoms with Crippen LogP contribution in [0, 0.1) is 6.92 Å². The molecule has 5 rings (SSSR count). The van der Waals surface area contributed by atoms with Gasteiger partial charge in [-0.3, -0.25) is 9.59 Å². The summed E-state index contributed by atoms with van der Waals surface area (Å²) in [6.07, 6.45) is -0.988. The second kappa shape index (κ2) is 9.81. The minimum Gasteiger partial charge on any atom is -0.444 e. The number of hydrogen-bond acceptors (Lipinski definition) is 6. The monoisotopic (exact) mass is 523 g/mol. The zero-order chi connectivity index (χ0) is 27.0. The van der Waals surface area contributed by atoms with Gasteiger partial charge in [-0.2, -0.15) is 23.0 Å². The lowest BCUT2D eigenvalue weighted by atomic mass is 10.0. The van der Waals surface area contributed by atoms with Crippen molar-refractivity contribution in [3.63, 3.8) is 0 Å². The van der Waals surface area contributed by atoms with E-state index in [1.807, 2.05) is 19.1 Å². The van der Waals surface area contributed by atoms with Crippen LogP contribution < -0.4 is 15.8 Å². The first-order valence-corrected chi connectivity index (χ1v) is 12.1. The summed E-state index contributed by atoms with van der Waals surface area (Å²) in [5, 5.41) is 7.33. The van der Waals surface area contributed by atoms with Gasteiger partial charge in [-0.15, -0.1) is 0 Å². The molecule has 1 aliphatic heterocycles. The number of hydrogen-bond donors (Lipinski definition) is 1. The minimum absolute atomic E-state index is 0.0935. The lowest BCUT2D eigenvalue weighted by Crippen LogP contribution is -2.28. The molecule has 11 heteroatoms. The first-order chi connectivity index (χ1) is 18.2. The molecular weight excluding hydrogens is 499 g/mol. The average Bonchev–Trinajstić information content (AvgIpc) is 3.56. The minimum atomic E-state index is -4.76. The number of halogens is 3. The maximum atomic E-state index is 14.1. The van der Waals surface area contributed by atoms with Crippen LogP contribution in [0.2, 0.25) is 0 Å². The van der Waals surface area contributed by atoms with Crippen molar-refractivity contribution in [2.75, 3.05) is 23.3 Å². The lowest BCUT2D eigenvalue weighted by Gasteiger charge is -2.21. The molecule has 0 atom stereocenters. The number of nitrogens with zero attached hydrogens (tertiary/aromatic N) is 4. The average molecular weight is 524 g/mol. The maximum Gasteiger partial charge on any atom is 0.418 e. The van der Waals surface area contributed by atoms with Crippen molar-refractivity contribution in [1.29, 1.82) is 0 Å². The van der Waals surface area contributed by atoms with Gasteiger partial charge < -0.3 is 14.6 Å². The Bertz CT molecular complexity index is 1560. The smallest absolute Gasteiger partial charge is 0.418 e. The molecule has 0 aliphatic carbocycles. The van der Waals surface area contributed by atoms with Crippen molar-refractivity contribution in [1.82, 2.24) is 14.8 Å². The zero-order valence-corrected chi connectivity index (χ0v) is 20.7. The molecule has 1 fully saturated rings.